The summed E-state index contributed by atoms with van der Waals surface area (Å²) in [4.78, 5) is 16.2. The van der Waals surface area contributed by atoms with E-state index >= 15 is 0 Å². The molecule has 0 spiro atoms. The zero-order valence-electron chi connectivity index (χ0n) is 7.30. The Morgan fingerprint density at radius 3 is 3.00 bits per heavy atom. The largest absolute Gasteiger partial charge is 0.481 e. The molecule has 1 aromatic heterocycles. The molecule has 5 nitrogen and oxygen atoms in total. The second-order valence-electron chi connectivity index (χ2n) is 2.45. The maximum absolute atomic E-state index is 10.3. The molecule has 6 heteroatoms. The van der Waals surface area contributed by atoms with Gasteiger partial charge in [-0.05, 0) is 6.92 Å². The summed E-state index contributed by atoms with van der Waals surface area (Å²) in [5, 5.41) is 9.28. The molecule has 0 saturated heterocycles. The summed E-state index contributed by atoms with van der Waals surface area (Å²) in [6, 6.07) is 0. The van der Waals surface area contributed by atoms with Crippen molar-refractivity contribution in [2.45, 2.75) is 13.3 Å². The van der Waals surface area contributed by atoms with Gasteiger partial charge >= 0.3 is 5.97 Å². The number of nitrogens with zero attached hydrogens (tertiary/aromatic N) is 3. The normalized spacial score (nSPS) is 9.92. The summed E-state index contributed by atoms with van der Waals surface area (Å²) >= 11 is 1.28. The first-order valence-electron chi connectivity index (χ1n) is 3.97. The van der Waals surface area contributed by atoms with Crippen LogP contribution >= 0.6 is 11.5 Å². The number of hydrogen-bond donors (Lipinski definition) is 1. The summed E-state index contributed by atoms with van der Waals surface area (Å²) < 4.78 is 3.86. The molecular formula is C7H11N3O2S. The van der Waals surface area contributed by atoms with Gasteiger partial charge in [0, 0.05) is 24.6 Å². The van der Waals surface area contributed by atoms with Gasteiger partial charge in [-0.2, -0.15) is 4.37 Å². The van der Waals surface area contributed by atoms with Crippen LogP contribution in [0, 0.1) is 0 Å². The van der Waals surface area contributed by atoms with Crippen molar-refractivity contribution >= 4 is 22.6 Å². The van der Waals surface area contributed by atoms with Gasteiger partial charge < -0.3 is 10.0 Å². The quantitative estimate of drug-likeness (QED) is 0.764. The second-order valence-corrected chi connectivity index (χ2v) is 3.21. The smallest absolute Gasteiger partial charge is 0.305 e. The molecule has 0 aliphatic carbocycles. The van der Waals surface area contributed by atoms with Gasteiger partial charge in [0.1, 0.15) is 6.33 Å². The molecule has 13 heavy (non-hydrogen) atoms. The van der Waals surface area contributed by atoms with Crippen molar-refractivity contribution in [3.8, 4) is 0 Å². The lowest BCUT2D eigenvalue weighted by Crippen LogP contribution is -2.25. The Balaban J connectivity index is 2.49. The third-order valence-electron chi connectivity index (χ3n) is 1.60. The number of carboxylic acids is 1. The molecule has 72 valence electrons. The van der Waals surface area contributed by atoms with E-state index in [1.165, 1.54) is 17.9 Å². The Bertz CT molecular complexity index is 263. The summed E-state index contributed by atoms with van der Waals surface area (Å²) in [7, 11) is 0. The van der Waals surface area contributed by atoms with Crippen LogP contribution in [0.4, 0.5) is 5.13 Å². The summed E-state index contributed by atoms with van der Waals surface area (Å²) in [6.45, 7) is 3.20. The fourth-order valence-corrected chi connectivity index (χ4v) is 1.54. The van der Waals surface area contributed by atoms with Crippen LogP contribution in [-0.2, 0) is 4.79 Å². The van der Waals surface area contributed by atoms with E-state index < -0.39 is 5.97 Å². The van der Waals surface area contributed by atoms with Crippen molar-refractivity contribution in [2.75, 3.05) is 18.0 Å². The van der Waals surface area contributed by atoms with Crippen molar-refractivity contribution in [3.05, 3.63) is 6.33 Å². The summed E-state index contributed by atoms with van der Waals surface area (Å²) in [5.41, 5.74) is 0. The molecule has 0 aromatic carbocycles. The van der Waals surface area contributed by atoms with Crippen molar-refractivity contribution < 1.29 is 9.90 Å². The van der Waals surface area contributed by atoms with Crippen LogP contribution in [0.15, 0.2) is 6.33 Å². The third-order valence-corrected chi connectivity index (χ3v) is 2.32. The predicted octanol–water partition coefficient (Wildman–Crippen LogP) is 0.839. The van der Waals surface area contributed by atoms with E-state index in [0.29, 0.717) is 6.54 Å². The van der Waals surface area contributed by atoms with E-state index in [-0.39, 0.29) is 6.42 Å². The Morgan fingerprint density at radius 2 is 2.54 bits per heavy atom. The van der Waals surface area contributed by atoms with Crippen molar-refractivity contribution in [3.63, 3.8) is 0 Å². The average molecular weight is 201 g/mol. The van der Waals surface area contributed by atoms with Gasteiger partial charge in [0.05, 0.1) is 6.42 Å². The number of rotatable bonds is 5. The van der Waals surface area contributed by atoms with Gasteiger partial charge in [-0.3, -0.25) is 4.79 Å². The highest BCUT2D eigenvalue weighted by atomic mass is 32.1. The highest BCUT2D eigenvalue weighted by Gasteiger charge is 2.08. The van der Waals surface area contributed by atoms with Gasteiger partial charge in [-0.1, -0.05) is 0 Å². The molecule has 0 radical (unpaired) electrons. The highest BCUT2D eigenvalue weighted by molar-refractivity contribution is 7.09. The molecule has 0 aliphatic heterocycles. The van der Waals surface area contributed by atoms with Crippen LogP contribution in [0.3, 0.4) is 0 Å². The first kappa shape index (κ1) is 9.91. The fraction of sp³-hybridized carbons (Fsp3) is 0.571. The van der Waals surface area contributed by atoms with Crippen LogP contribution in [-0.4, -0.2) is 33.5 Å². The number of hydrogen-bond acceptors (Lipinski definition) is 5. The fourth-order valence-electron chi connectivity index (χ4n) is 0.926. The topological polar surface area (TPSA) is 66.3 Å². The molecule has 1 heterocycles. The van der Waals surface area contributed by atoms with Gasteiger partial charge in [0.25, 0.3) is 0 Å². The standard InChI is InChI=1S/C7H11N3O2S/c1-2-10(4-3-6(11)12)7-8-5-9-13-7/h5H,2-4H2,1H3,(H,11,12). The molecule has 1 aromatic rings. The Kier molecular flexibility index (Phi) is 3.63. The van der Waals surface area contributed by atoms with E-state index in [1.807, 2.05) is 11.8 Å². The average Bonchev–Trinajstić information content (AvgIpc) is 2.58. The first-order chi connectivity index (χ1) is 6.24. The molecule has 0 bridgehead atoms. The molecule has 0 unspecified atom stereocenters. The number of carbonyl (C=O) groups is 1. The molecule has 1 rings (SSSR count). The minimum absolute atomic E-state index is 0.132. The lowest BCUT2D eigenvalue weighted by molar-refractivity contribution is -0.136. The van der Waals surface area contributed by atoms with Gasteiger partial charge in [0.15, 0.2) is 0 Å². The molecule has 0 saturated carbocycles. The molecule has 0 amide bonds. The number of anilines is 1. The van der Waals surface area contributed by atoms with Crippen molar-refractivity contribution in [2.24, 2.45) is 0 Å². The van der Waals surface area contributed by atoms with E-state index in [1.54, 1.807) is 0 Å². The van der Waals surface area contributed by atoms with Gasteiger partial charge in [0.2, 0.25) is 5.13 Å². The zero-order valence-corrected chi connectivity index (χ0v) is 8.12. The zero-order chi connectivity index (χ0) is 9.68. The molecule has 0 fully saturated rings. The maximum atomic E-state index is 10.3. The van der Waals surface area contributed by atoms with E-state index in [2.05, 4.69) is 9.36 Å². The second kappa shape index (κ2) is 4.76. The van der Waals surface area contributed by atoms with Crippen molar-refractivity contribution in [1.82, 2.24) is 9.36 Å². The van der Waals surface area contributed by atoms with E-state index in [4.69, 9.17) is 5.11 Å². The highest BCUT2D eigenvalue weighted by Crippen LogP contribution is 2.14. The lowest BCUT2D eigenvalue weighted by Gasteiger charge is -2.17. The lowest BCUT2D eigenvalue weighted by atomic mass is 10.4. The molecular weight excluding hydrogens is 190 g/mol. The van der Waals surface area contributed by atoms with Crippen LogP contribution in [0.1, 0.15) is 13.3 Å². The van der Waals surface area contributed by atoms with Gasteiger partial charge in [-0.15, -0.1) is 0 Å². The van der Waals surface area contributed by atoms with E-state index in [0.717, 1.165) is 11.7 Å². The van der Waals surface area contributed by atoms with Gasteiger partial charge in [-0.25, -0.2) is 4.98 Å². The number of aromatic nitrogens is 2. The van der Waals surface area contributed by atoms with Crippen LogP contribution < -0.4 is 4.90 Å². The number of carboxylic acid groups (broad SMARTS) is 1. The van der Waals surface area contributed by atoms with Crippen LogP contribution in [0.25, 0.3) is 0 Å². The minimum Gasteiger partial charge on any atom is -0.481 e. The SMILES string of the molecule is CCN(CCC(=O)O)c1ncns1. The van der Waals surface area contributed by atoms with Crippen LogP contribution in [0.5, 0.6) is 0 Å². The summed E-state index contributed by atoms with van der Waals surface area (Å²) in [6.07, 6.45) is 1.61. The van der Waals surface area contributed by atoms with Crippen molar-refractivity contribution in [1.29, 1.82) is 0 Å². The Morgan fingerprint density at radius 1 is 1.77 bits per heavy atom. The minimum atomic E-state index is -0.789. The van der Waals surface area contributed by atoms with Crippen LogP contribution in [0.2, 0.25) is 0 Å². The monoisotopic (exact) mass is 201 g/mol. The maximum Gasteiger partial charge on any atom is 0.305 e. The molecule has 1 N–H and O–H groups in total. The molecule has 0 aliphatic rings. The predicted molar refractivity (Wildman–Crippen MR) is 50.0 cm³/mol. The first-order valence-corrected chi connectivity index (χ1v) is 4.74. The Hall–Kier alpha value is -1.17. The molecule has 0 atom stereocenters. The van der Waals surface area contributed by atoms with E-state index in [9.17, 15) is 4.79 Å². The Labute approximate surface area is 80.2 Å². The number of aliphatic carboxylic acids is 1. The third kappa shape index (κ3) is 2.98. The summed E-state index contributed by atoms with van der Waals surface area (Å²) in [5.74, 6) is -0.789.